The van der Waals surface area contributed by atoms with Gasteiger partial charge in [-0.3, -0.25) is 9.59 Å². The topological polar surface area (TPSA) is 85.2 Å². The number of hydrogen-bond donors (Lipinski definition) is 2. The highest BCUT2D eigenvalue weighted by atomic mass is 16.2. The molecule has 6 nitrogen and oxygen atoms in total. The van der Waals surface area contributed by atoms with E-state index < -0.39 is 0 Å². The average Bonchev–Trinajstić information content (AvgIpc) is 2.72. The van der Waals surface area contributed by atoms with E-state index in [-0.39, 0.29) is 17.9 Å². The van der Waals surface area contributed by atoms with Gasteiger partial charge in [-0.1, -0.05) is 0 Å². The molecule has 1 atom stereocenters. The Kier molecular flexibility index (Phi) is 5.58. The van der Waals surface area contributed by atoms with Crippen LogP contribution in [0.15, 0.2) is 18.2 Å². The van der Waals surface area contributed by atoms with Crippen LogP contribution in [0.2, 0.25) is 0 Å². The summed E-state index contributed by atoms with van der Waals surface area (Å²) in [6.07, 6.45) is 2.53. The summed E-state index contributed by atoms with van der Waals surface area (Å²) in [6.45, 7) is 2.23. The summed E-state index contributed by atoms with van der Waals surface area (Å²) in [5, 5.41) is 14.7. The third-order valence-corrected chi connectivity index (χ3v) is 3.92. The summed E-state index contributed by atoms with van der Waals surface area (Å²) in [5.74, 6) is -0.00406. The number of aryl methyl sites for hydroxylation is 1. The highest BCUT2D eigenvalue weighted by Crippen LogP contribution is 2.25. The van der Waals surface area contributed by atoms with Gasteiger partial charge in [-0.05, 0) is 43.5 Å². The summed E-state index contributed by atoms with van der Waals surface area (Å²) in [7, 11) is 1.70. The summed E-state index contributed by atoms with van der Waals surface area (Å²) in [4.78, 5) is 25.4. The van der Waals surface area contributed by atoms with Crippen LogP contribution < -0.4 is 10.6 Å². The molecular formula is C17H22N4O2. The Morgan fingerprint density at radius 2 is 2.26 bits per heavy atom. The first kappa shape index (κ1) is 16.8. The second-order valence-electron chi connectivity index (χ2n) is 5.81. The number of amides is 2. The third-order valence-electron chi connectivity index (χ3n) is 3.92. The standard InChI is InChI=1S/C17H22N4O2/c1-12(17(23)21(2)10-4-9-18)19-14-7-8-15-13(11-14)5-3-6-16(22)20-15/h7-8,11-12,19H,3-6,10H2,1-2H3,(H,20,22)/t12-/m1/s1. The van der Waals surface area contributed by atoms with Gasteiger partial charge in [-0.25, -0.2) is 0 Å². The Morgan fingerprint density at radius 1 is 1.48 bits per heavy atom. The maximum Gasteiger partial charge on any atom is 0.244 e. The predicted molar refractivity (Wildman–Crippen MR) is 89.0 cm³/mol. The number of carbonyl (C=O) groups is 2. The zero-order chi connectivity index (χ0) is 16.8. The van der Waals surface area contributed by atoms with Crippen LogP contribution in [0, 0.1) is 11.3 Å². The van der Waals surface area contributed by atoms with Gasteiger partial charge >= 0.3 is 0 Å². The van der Waals surface area contributed by atoms with Gasteiger partial charge in [-0.15, -0.1) is 0 Å². The van der Waals surface area contributed by atoms with E-state index in [0.29, 0.717) is 19.4 Å². The van der Waals surface area contributed by atoms with Gasteiger partial charge in [0.2, 0.25) is 11.8 Å². The number of fused-ring (bicyclic) bond motifs is 1. The Balaban J connectivity index is 2.03. The number of nitrogens with zero attached hydrogens (tertiary/aromatic N) is 2. The average molecular weight is 314 g/mol. The first-order valence-corrected chi connectivity index (χ1v) is 7.82. The van der Waals surface area contributed by atoms with Gasteiger partial charge in [0.05, 0.1) is 12.5 Å². The Hall–Kier alpha value is -2.55. The minimum atomic E-state index is -0.378. The molecule has 2 N–H and O–H groups in total. The van der Waals surface area contributed by atoms with Crippen molar-refractivity contribution in [2.75, 3.05) is 24.2 Å². The molecule has 0 saturated heterocycles. The number of hydrogen-bond acceptors (Lipinski definition) is 4. The van der Waals surface area contributed by atoms with Crippen LogP contribution in [-0.2, 0) is 16.0 Å². The number of nitrogens with one attached hydrogen (secondary N) is 2. The van der Waals surface area contributed by atoms with Crippen LogP contribution >= 0.6 is 0 Å². The van der Waals surface area contributed by atoms with Crippen LogP contribution in [0.1, 0.15) is 31.7 Å². The second-order valence-corrected chi connectivity index (χ2v) is 5.81. The molecule has 0 bridgehead atoms. The lowest BCUT2D eigenvalue weighted by molar-refractivity contribution is -0.130. The molecule has 122 valence electrons. The van der Waals surface area contributed by atoms with Crippen molar-refractivity contribution in [3.8, 4) is 6.07 Å². The van der Waals surface area contributed by atoms with E-state index in [4.69, 9.17) is 5.26 Å². The zero-order valence-corrected chi connectivity index (χ0v) is 13.6. The van der Waals surface area contributed by atoms with E-state index in [1.54, 1.807) is 18.9 Å². The molecule has 0 radical (unpaired) electrons. The van der Waals surface area contributed by atoms with E-state index >= 15 is 0 Å². The minimum Gasteiger partial charge on any atom is -0.374 e. The van der Waals surface area contributed by atoms with E-state index in [1.165, 1.54) is 0 Å². The maximum absolute atomic E-state index is 12.2. The lowest BCUT2D eigenvalue weighted by Gasteiger charge is -2.22. The molecule has 0 aliphatic carbocycles. The number of rotatable bonds is 5. The molecule has 1 aromatic rings. The summed E-state index contributed by atoms with van der Waals surface area (Å²) < 4.78 is 0. The third kappa shape index (κ3) is 4.46. The summed E-state index contributed by atoms with van der Waals surface area (Å²) >= 11 is 0. The van der Waals surface area contributed by atoms with Crippen molar-refractivity contribution in [1.29, 1.82) is 5.26 Å². The normalized spacial score (nSPS) is 14.7. The van der Waals surface area contributed by atoms with Crippen molar-refractivity contribution in [3.05, 3.63) is 23.8 Å². The minimum absolute atomic E-state index is 0.0483. The smallest absolute Gasteiger partial charge is 0.244 e. The second kappa shape index (κ2) is 7.63. The van der Waals surface area contributed by atoms with Gasteiger partial charge in [0.25, 0.3) is 0 Å². The molecule has 0 spiro atoms. The molecule has 1 aliphatic heterocycles. The van der Waals surface area contributed by atoms with Gasteiger partial charge in [0, 0.05) is 31.4 Å². The van der Waals surface area contributed by atoms with Crippen LogP contribution in [0.4, 0.5) is 11.4 Å². The Morgan fingerprint density at radius 3 is 3.00 bits per heavy atom. The maximum atomic E-state index is 12.2. The Bertz CT molecular complexity index is 636. The Labute approximate surface area is 136 Å². The van der Waals surface area contributed by atoms with Crippen LogP contribution in [0.25, 0.3) is 0 Å². The first-order chi connectivity index (χ1) is 11.0. The molecular weight excluding hydrogens is 292 g/mol. The largest absolute Gasteiger partial charge is 0.374 e. The van der Waals surface area contributed by atoms with E-state index in [1.807, 2.05) is 24.3 Å². The van der Waals surface area contributed by atoms with Crippen molar-refractivity contribution >= 4 is 23.2 Å². The highest BCUT2D eigenvalue weighted by Gasteiger charge is 2.18. The van der Waals surface area contributed by atoms with E-state index in [0.717, 1.165) is 29.8 Å². The highest BCUT2D eigenvalue weighted by molar-refractivity contribution is 5.92. The monoisotopic (exact) mass is 314 g/mol. The van der Waals surface area contributed by atoms with Crippen molar-refractivity contribution in [2.24, 2.45) is 0 Å². The number of carbonyl (C=O) groups excluding carboxylic acids is 2. The number of likely N-dealkylation sites (N-methyl/N-ethyl adjacent to an activating group) is 1. The van der Waals surface area contributed by atoms with Crippen LogP contribution in [0.3, 0.4) is 0 Å². The molecule has 1 heterocycles. The quantitative estimate of drug-likeness (QED) is 0.872. The SMILES string of the molecule is C[C@@H](Nc1ccc2c(c1)CCCC(=O)N2)C(=O)N(C)CCC#N. The van der Waals surface area contributed by atoms with Crippen molar-refractivity contribution in [1.82, 2.24) is 4.90 Å². The first-order valence-electron chi connectivity index (χ1n) is 7.82. The van der Waals surface area contributed by atoms with E-state index in [2.05, 4.69) is 10.6 Å². The molecule has 1 aliphatic rings. The lowest BCUT2D eigenvalue weighted by atomic mass is 10.1. The number of nitriles is 1. The number of benzene rings is 1. The van der Waals surface area contributed by atoms with Gasteiger partial charge in [-0.2, -0.15) is 5.26 Å². The van der Waals surface area contributed by atoms with Crippen LogP contribution in [0.5, 0.6) is 0 Å². The molecule has 1 aromatic carbocycles. The van der Waals surface area contributed by atoms with Gasteiger partial charge < -0.3 is 15.5 Å². The van der Waals surface area contributed by atoms with Gasteiger partial charge in [0.15, 0.2) is 0 Å². The molecule has 0 fully saturated rings. The molecule has 2 rings (SSSR count). The van der Waals surface area contributed by atoms with E-state index in [9.17, 15) is 9.59 Å². The fourth-order valence-corrected chi connectivity index (χ4v) is 2.63. The summed E-state index contributed by atoms with van der Waals surface area (Å²) in [5.41, 5.74) is 2.79. The predicted octanol–water partition coefficient (Wildman–Crippen LogP) is 2.13. The molecule has 0 saturated carbocycles. The number of anilines is 2. The van der Waals surface area contributed by atoms with Crippen molar-refractivity contribution < 1.29 is 9.59 Å². The molecule has 0 aromatic heterocycles. The lowest BCUT2D eigenvalue weighted by Crippen LogP contribution is -2.39. The fraction of sp³-hybridized carbons (Fsp3) is 0.471. The molecule has 6 heteroatoms. The van der Waals surface area contributed by atoms with Crippen LogP contribution in [-0.4, -0.2) is 36.3 Å². The fourth-order valence-electron chi connectivity index (χ4n) is 2.63. The van der Waals surface area contributed by atoms with Crippen molar-refractivity contribution in [3.63, 3.8) is 0 Å². The van der Waals surface area contributed by atoms with Crippen molar-refractivity contribution in [2.45, 2.75) is 38.6 Å². The zero-order valence-electron chi connectivity index (χ0n) is 13.6. The molecule has 23 heavy (non-hydrogen) atoms. The summed E-state index contributed by atoms with van der Waals surface area (Å²) in [6, 6.07) is 7.38. The molecule has 0 unspecified atom stereocenters. The van der Waals surface area contributed by atoms with Gasteiger partial charge in [0.1, 0.15) is 6.04 Å². The molecule has 2 amide bonds.